The summed E-state index contributed by atoms with van der Waals surface area (Å²) in [7, 11) is 0. The van der Waals surface area contributed by atoms with Gasteiger partial charge in [0, 0.05) is 16.1 Å². The molecule has 0 saturated carbocycles. The first-order chi connectivity index (χ1) is 13.3. The number of hydrazone groups is 1. The van der Waals surface area contributed by atoms with E-state index in [1.807, 2.05) is 13.8 Å². The van der Waals surface area contributed by atoms with Gasteiger partial charge in [0.15, 0.2) is 0 Å². The summed E-state index contributed by atoms with van der Waals surface area (Å²) in [5.74, 6) is -0.600. The van der Waals surface area contributed by atoms with E-state index in [1.165, 1.54) is 6.21 Å². The fourth-order valence-corrected chi connectivity index (χ4v) is 2.89. The normalized spacial score (nSPS) is 12.2. The number of benzene rings is 2. The zero-order valence-electron chi connectivity index (χ0n) is 15.4. The maximum Gasteiger partial charge on any atom is 0.262 e. The summed E-state index contributed by atoms with van der Waals surface area (Å²) in [6.45, 7) is 3.92. The van der Waals surface area contributed by atoms with Crippen molar-refractivity contribution in [2.75, 3.05) is 0 Å². The van der Waals surface area contributed by atoms with Gasteiger partial charge in [-0.3, -0.25) is 9.59 Å². The zero-order chi connectivity index (χ0) is 20.7. The van der Waals surface area contributed by atoms with Crippen LogP contribution < -0.4 is 10.7 Å². The van der Waals surface area contributed by atoms with Crippen LogP contribution in [-0.4, -0.2) is 24.1 Å². The highest BCUT2D eigenvalue weighted by molar-refractivity contribution is 6.43. The van der Waals surface area contributed by atoms with Crippen LogP contribution in [0.2, 0.25) is 15.1 Å². The standard InChI is InChI=1S/C20H20Cl3N3O2/c1-12(2)10-17(25-19(27)13-6-8-15(21)9-7-13)20(28)26-24-11-14-4-3-5-16(22)18(14)23/h3-9,11-12,17H,10H2,1-2H3,(H,25,27)(H,26,28)/b24-11+. The quantitative estimate of drug-likeness (QED) is 0.473. The van der Waals surface area contributed by atoms with Crippen LogP contribution in [0.1, 0.15) is 36.2 Å². The Morgan fingerprint density at radius 3 is 2.39 bits per heavy atom. The van der Waals surface area contributed by atoms with E-state index in [2.05, 4.69) is 15.8 Å². The minimum Gasteiger partial charge on any atom is -0.340 e. The molecule has 0 bridgehead atoms. The molecule has 0 spiro atoms. The Bertz CT molecular complexity index is 867. The fourth-order valence-electron chi connectivity index (χ4n) is 2.41. The lowest BCUT2D eigenvalue weighted by Crippen LogP contribution is -2.46. The van der Waals surface area contributed by atoms with Crippen LogP contribution >= 0.6 is 34.8 Å². The molecule has 28 heavy (non-hydrogen) atoms. The van der Waals surface area contributed by atoms with Gasteiger partial charge in [0.1, 0.15) is 6.04 Å². The number of halogens is 3. The summed E-state index contributed by atoms with van der Waals surface area (Å²) in [4.78, 5) is 24.9. The first-order valence-corrected chi connectivity index (χ1v) is 9.74. The van der Waals surface area contributed by atoms with Gasteiger partial charge >= 0.3 is 0 Å². The number of carbonyl (C=O) groups excluding carboxylic acids is 2. The summed E-state index contributed by atoms with van der Waals surface area (Å²) < 4.78 is 0. The summed E-state index contributed by atoms with van der Waals surface area (Å²) >= 11 is 17.9. The molecule has 148 valence electrons. The van der Waals surface area contributed by atoms with Gasteiger partial charge in [0.05, 0.1) is 16.3 Å². The lowest BCUT2D eigenvalue weighted by atomic mass is 10.0. The number of amides is 2. The predicted octanol–water partition coefficient (Wildman–Crippen LogP) is 4.94. The van der Waals surface area contributed by atoms with E-state index in [0.717, 1.165) is 0 Å². The smallest absolute Gasteiger partial charge is 0.262 e. The van der Waals surface area contributed by atoms with Crippen LogP contribution in [0.5, 0.6) is 0 Å². The third-order valence-electron chi connectivity index (χ3n) is 3.80. The molecule has 1 atom stereocenters. The van der Waals surface area contributed by atoms with Gasteiger partial charge in [-0.25, -0.2) is 5.43 Å². The van der Waals surface area contributed by atoms with Crippen LogP contribution in [0.3, 0.4) is 0 Å². The number of rotatable bonds is 7. The van der Waals surface area contributed by atoms with E-state index >= 15 is 0 Å². The molecule has 2 aromatic rings. The molecule has 5 nitrogen and oxygen atoms in total. The van der Waals surface area contributed by atoms with Crippen molar-refractivity contribution in [3.05, 3.63) is 68.7 Å². The number of hydrogen-bond acceptors (Lipinski definition) is 3. The molecule has 2 N–H and O–H groups in total. The summed E-state index contributed by atoms with van der Waals surface area (Å²) in [5, 5.41) is 7.93. The minimum absolute atomic E-state index is 0.188. The van der Waals surface area contributed by atoms with Gasteiger partial charge in [0.25, 0.3) is 11.8 Å². The molecular formula is C20H20Cl3N3O2. The van der Waals surface area contributed by atoms with Crippen molar-refractivity contribution in [3.63, 3.8) is 0 Å². The molecule has 0 aliphatic rings. The van der Waals surface area contributed by atoms with Gasteiger partial charge < -0.3 is 5.32 Å². The molecule has 0 saturated heterocycles. The maximum absolute atomic E-state index is 12.5. The van der Waals surface area contributed by atoms with Crippen molar-refractivity contribution in [1.82, 2.24) is 10.7 Å². The second kappa shape index (κ2) is 10.5. The highest BCUT2D eigenvalue weighted by Crippen LogP contribution is 2.24. The monoisotopic (exact) mass is 439 g/mol. The van der Waals surface area contributed by atoms with E-state index in [1.54, 1.807) is 42.5 Å². The Balaban J connectivity index is 2.05. The summed E-state index contributed by atoms with van der Waals surface area (Å²) in [6.07, 6.45) is 1.86. The van der Waals surface area contributed by atoms with Gasteiger partial charge in [-0.1, -0.05) is 60.8 Å². The van der Waals surface area contributed by atoms with E-state index in [-0.39, 0.29) is 11.8 Å². The van der Waals surface area contributed by atoms with Crippen molar-refractivity contribution in [1.29, 1.82) is 0 Å². The highest BCUT2D eigenvalue weighted by atomic mass is 35.5. The van der Waals surface area contributed by atoms with Crippen molar-refractivity contribution in [2.24, 2.45) is 11.0 Å². The Morgan fingerprint density at radius 2 is 1.75 bits per heavy atom. The Kier molecular flexibility index (Phi) is 8.30. The maximum atomic E-state index is 12.5. The van der Waals surface area contributed by atoms with Crippen molar-refractivity contribution < 1.29 is 9.59 Å². The van der Waals surface area contributed by atoms with Crippen LogP contribution in [0.25, 0.3) is 0 Å². The van der Waals surface area contributed by atoms with Gasteiger partial charge in [0.2, 0.25) is 0 Å². The Morgan fingerprint density at radius 1 is 1.07 bits per heavy atom. The third-order valence-corrected chi connectivity index (χ3v) is 4.88. The van der Waals surface area contributed by atoms with Gasteiger partial charge in [-0.2, -0.15) is 5.10 Å². The first kappa shape index (κ1) is 22.2. The van der Waals surface area contributed by atoms with Crippen LogP contribution in [-0.2, 0) is 4.79 Å². The Labute approximate surface area is 179 Å². The van der Waals surface area contributed by atoms with E-state index < -0.39 is 11.9 Å². The number of carbonyl (C=O) groups is 2. The van der Waals surface area contributed by atoms with E-state index in [4.69, 9.17) is 34.8 Å². The van der Waals surface area contributed by atoms with Crippen molar-refractivity contribution in [2.45, 2.75) is 26.3 Å². The molecule has 1 unspecified atom stereocenters. The summed E-state index contributed by atoms with van der Waals surface area (Å²) in [6, 6.07) is 10.8. The topological polar surface area (TPSA) is 70.6 Å². The molecule has 0 fully saturated rings. The fraction of sp³-hybridized carbons (Fsp3) is 0.250. The highest BCUT2D eigenvalue weighted by Gasteiger charge is 2.22. The van der Waals surface area contributed by atoms with Crippen molar-refractivity contribution >= 4 is 52.8 Å². The van der Waals surface area contributed by atoms with Gasteiger partial charge in [-0.05, 0) is 42.7 Å². The minimum atomic E-state index is -0.741. The van der Waals surface area contributed by atoms with E-state index in [0.29, 0.717) is 32.6 Å². The molecule has 0 radical (unpaired) electrons. The van der Waals surface area contributed by atoms with Gasteiger partial charge in [-0.15, -0.1) is 0 Å². The van der Waals surface area contributed by atoms with Crippen molar-refractivity contribution in [3.8, 4) is 0 Å². The average Bonchev–Trinajstić information content (AvgIpc) is 2.64. The van der Waals surface area contributed by atoms with Crippen LogP contribution in [0.4, 0.5) is 0 Å². The molecule has 8 heteroatoms. The lowest BCUT2D eigenvalue weighted by molar-refractivity contribution is -0.123. The summed E-state index contributed by atoms with van der Waals surface area (Å²) in [5.41, 5.74) is 3.43. The number of nitrogens with one attached hydrogen (secondary N) is 2. The molecule has 0 aliphatic heterocycles. The molecule has 2 amide bonds. The average molecular weight is 441 g/mol. The lowest BCUT2D eigenvalue weighted by Gasteiger charge is -2.19. The second-order valence-electron chi connectivity index (χ2n) is 6.54. The second-order valence-corrected chi connectivity index (χ2v) is 7.76. The van der Waals surface area contributed by atoms with Crippen LogP contribution in [0, 0.1) is 5.92 Å². The molecule has 2 rings (SSSR count). The SMILES string of the molecule is CC(C)CC(NC(=O)c1ccc(Cl)cc1)C(=O)N/N=C/c1cccc(Cl)c1Cl. The molecular weight excluding hydrogens is 421 g/mol. The first-order valence-electron chi connectivity index (χ1n) is 8.61. The molecule has 0 heterocycles. The largest absolute Gasteiger partial charge is 0.340 e. The Hall–Kier alpha value is -2.08. The zero-order valence-corrected chi connectivity index (χ0v) is 17.6. The predicted molar refractivity (Wildman–Crippen MR) is 114 cm³/mol. The van der Waals surface area contributed by atoms with Crippen LogP contribution in [0.15, 0.2) is 47.6 Å². The molecule has 0 aromatic heterocycles. The molecule has 2 aromatic carbocycles. The third kappa shape index (κ3) is 6.51. The molecule has 0 aliphatic carbocycles. The number of nitrogens with zero attached hydrogens (tertiary/aromatic N) is 1. The van der Waals surface area contributed by atoms with E-state index in [9.17, 15) is 9.59 Å². The number of hydrogen-bond donors (Lipinski definition) is 2.